The summed E-state index contributed by atoms with van der Waals surface area (Å²) >= 11 is 0. The molecule has 0 heterocycles. The quantitative estimate of drug-likeness (QED) is 0.677. The van der Waals surface area contributed by atoms with Crippen LogP contribution in [0, 0.1) is 0 Å². The summed E-state index contributed by atoms with van der Waals surface area (Å²) in [5, 5.41) is 0.268. The first kappa shape index (κ1) is 14.3. The highest BCUT2D eigenvalue weighted by molar-refractivity contribution is 7.18. The predicted octanol–water partition coefficient (Wildman–Crippen LogP) is 5.11. The molecule has 0 saturated heterocycles. The van der Waals surface area contributed by atoms with Crippen molar-refractivity contribution in [1.29, 1.82) is 0 Å². The zero-order valence-electron chi connectivity index (χ0n) is 12.1. The summed E-state index contributed by atoms with van der Waals surface area (Å²) in [5.74, 6) is 0. The molecule has 0 aliphatic heterocycles. The molecule has 0 bridgehead atoms. The lowest BCUT2D eigenvalue weighted by molar-refractivity contribution is 0.708. The molecule has 0 aliphatic carbocycles. The number of aryl methyl sites for hydroxylation is 1. The third-order valence-electron chi connectivity index (χ3n) is 3.31. The van der Waals surface area contributed by atoms with Crippen LogP contribution in [0.25, 0.3) is 11.1 Å². The Labute approximate surface area is 119 Å². The second kappa shape index (κ2) is 5.88. The molecule has 1 atom stereocenters. The molecule has 1 heteroatoms. The van der Waals surface area contributed by atoms with E-state index in [4.69, 9.17) is 0 Å². The van der Waals surface area contributed by atoms with E-state index in [1.165, 1.54) is 22.3 Å². The topological polar surface area (TPSA) is 0 Å². The van der Waals surface area contributed by atoms with E-state index >= 15 is 0 Å². The lowest BCUT2D eigenvalue weighted by Crippen LogP contribution is -2.12. The van der Waals surface area contributed by atoms with Gasteiger partial charge in [0.15, 0.2) is 0 Å². The Bertz CT molecular complexity index is 515. The van der Waals surface area contributed by atoms with Crippen molar-refractivity contribution in [2.75, 3.05) is 0 Å². The van der Waals surface area contributed by atoms with E-state index in [2.05, 4.69) is 78.5 Å². The van der Waals surface area contributed by atoms with Crippen molar-refractivity contribution in [3.8, 4) is 11.1 Å². The van der Waals surface area contributed by atoms with Crippen molar-refractivity contribution in [2.45, 2.75) is 38.8 Å². The highest BCUT2D eigenvalue weighted by Gasteiger charge is 2.11. The van der Waals surface area contributed by atoms with Crippen molar-refractivity contribution >= 4 is 9.24 Å². The molecule has 0 radical (unpaired) electrons. The molecule has 0 amide bonds. The van der Waals surface area contributed by atoms with Gasteiger partial charge in [-0.05, 0) is 40.3 Å². The third kappa shape index (κ3) is 4.18. The minimum absolute atomic E-state index is 0.268. The van der Waals surface area contributed by atoms with Crippen LogP contribution in [-0.4, -0.2) is 5.16 Å². The van der Waals surface area contributed by atoms with Crippen LogP contribution in [0.2, 0.25) is 0 Å². The fraction of sp³-hybridized carbons (Fsp3) is 0.333. The van der Waals surface area contributed by atoms with E-state index in [0.717, 1.165) is 12.8 Å². The van der Waals surface area contributed by atoms with Crippen molar-refractivity contribution < 1.29 is 0 Å². The van der Waals surface area contributed by atoms with Gasteiger partial charge in [0.05, 0.1) is 0 Å². The maximum atomic E-state index is 2.91. The molecule has 2 aromatic rings. The maximum absolute atomic E-state index is 2.91. The second-order valence-corrected chi connectivity index (χ2v) is 7.48. The van der Waals surface area contributed by atoms with E-state index in [9.17, 15) is 0 Å². The Balaban J connectivity index is 2.17. The van der Waals surface area contributed by atoms with Gasteiger partial charge < -0.3 is 0 Å². The lowest BCUT2D eigenvalue weighted by Gasteiger charge is -2.18. The first-order chi connectivity index (χ1) is 8.98. The van der Waals surface area contributed by atoms with Crippen LogP contribution in [0.1, 0.15) is 31.9 Å². The number of benzene rings is 2. The highest BCUT2D eigenvalue weighted by atomic mass is 31.0. The van der Waals surface area contributed by atoms with E-state index in [0.29, 0.717) is 0 Å². The van der Waals surface area contributed by atoms with Crippen LogP contribution in [0.3, 0.4) is 0 Å². The molecule has 19 heavy (non-hydrogen) atoms. The van der Waals surface area contributed by atoms with E-state index < -0.39 is 0 Å². The Morgan fingerprint density at radius 3 is 1.58 bits per heavy atom. The Morgan fingerprint density at radius 2 is 1.21 bits per heavy atom. The summed E-state index contributed by atoms with van der Waals surface area (Å²) in [7, 11) is 2.91. The van der Waals surface area contributed by atoms with E-state index in [1.54, 1.807) is 0 Å². The molecule has 0 N–H and O–H groups in total. The standard InChI is InChI=1S/C18H23P/c1-4-14-5-9-16(10-6-14)17-11-7-15(8-12-17)13-18(2,3)19/h5-12H,4,13,19H2,1-3H3. The number of rotatable bonds is 4. The van der Waals surface area contributed by atoms with E-state index in [1.807, 2.05) is 0 Å². The fourth-order valence-corrected chi connectivity index (χ4v) is 2.51. The zero-order chi connectivity index (χ0) is 13.9. The lowest BCUT2D eigenvalue weighted by atomic mass is 9.98. The van der Waals surface area contributed by atoms with Crippen LogP contribution in [0.4, 0.5) is 0 Å². The largest absolute Gasteiger partial charge is 0.131 e. The van der Waals surface area contributed by atoms with Gasteiger partial charge in [0.25, 0.3) is 0 Å². The van der Waals surface area contributed by atoms with Crippen LogP contribution in [-0.2, 0) is 12.8 Å². The van der Waals surface area contributed by atoms with Crippen molar-refractivity contribution in [2.24, 2.45) is 0 Å². The maximum Gasteiger partial charge on any atom is -0.0166 e. The monoisotopic (exact) mass is 270 g/mol. The van der Waals surface area contributed by atoms with Gasteiger partial charge in [-0.2, -0.15) is 0 Å². The van der Waals surface area contributed by atoms with Crippen LogP contribution in [0.15, 0.2) is 48.5 Å². The van der Waals surface area contributed by atoms with Crippen molar-refractivity contribution in [3.63, 3.8) is 0 Å². The second-order valence-electron chi connectivity index (χ2n) is 5.91. The fourth-order valence-electron chi connectivity index (χ4n) is 2.27. The van der Waals surface area contributed by atoms with Gasteiger partial charge in [-0.3, -0.25) is 0 Å². The summed E-state index contributed by atoms with van der Waals surface area (Å²) in [6, 6.07) is 17.8. The number of hydrogen-bond donors (Lipinski definition) is 0. The highest BCUT2D eigenvalue weighted by Crippen LogP contribution is 2.25. The average molecular weight is 270 g/mol. The van der Waals surface area contributed by atoms with Gasteiger partial charge in [0.2, 0.25) is 0 Å². The minimum Gasteiger partial charge on any atom is -0.131 e. The Kier molecular flexibility index (Phi) is 4.42. The smallest absolute Gasteiger partial charge is 0.0166 e. The molecule has 0 aliphatic rings. The molecule has 100 valence electrons. The average Bonchev–Trinajstić information content (AvgIpc) is 2.38. The molecule has 2 aromatic carbocycles. The summed E-state index contributed by atoms with van der Waals surface area (Å²) in [6.07, 6.45) is 2.19. The summed E-state index contributed by atoms with van der Waals surface area (Å²) in [4.78, 5) is 0. The number of hydrogen-bond acceptors (Lipinski definition) is 0. The predicted molar refractivity (Wildman–Crippen MR) is 88.7 cm³/mol. The molecule has 0 saturated carbocycles. The van der Waals surface area contributed by atoms with E-state index in [-0.39, 0.29) is 5.16 Å². The normalized spacial score (nSPS) is 11.6. The third-order valence-corrected chi connectivity index (χ3v) is 3.51. The van der Waals surface area contributed by atoms with Gasteiger partial charge in [0, 0.05) is 0 Å². The van der Waals surface area contributed by atoms with Crippen molar-refractivity contribution in [3.05, 3.63) is 59.7 Å². The summed E-state index contributed by atoms with van der Waals surface area (Å²) < 4.78 is 0. The first-order valence-corrected chi connectivity index (χ1v) is 7.53. The van der Waals surface area contributed by atoms with Crippen molar-refractivity contribution in [1.82, 2.24) is 0 Å². The Hall–Kier alpha value is -1.13. The zero-order valence-corrected chi connectivity index (χ0v) is 13.3. The summed E-state index contributed by atoms with van der Waals surface area (Å²) in [5.41, 5.74) is 5.39. The van der Waals surface area contributed by atoms with Gasteiger partial charge in [-0.25, -0.2) is 0 Å². The van der Waals surface area contributed by atoms with Crippen LogP contribution >= 0.6 is 9.24 Å². The minimum atomic E-state index is 0.268. The Morgan fingerprint density at radius 1 is 0.789 bits per heavy atom. The van der Waals surface area contributed by atoms with Gasteiger partial charge in [0.1, 0.15) is 0 Å². The molecule has 0 spiro atoms. The first-order valence-electron chi connectivity index (χ1n) is 6.95. The SMILES string of the molecule is CCc1ccc(-c2ccc(CC(C)(C)P)cc2)cc1. The molecule has 0 aromatic heterocycles. The molecular formula is C18H23P. The molecule has 2 rings (SSSR count). The van der Waals surface area contributed by atoms with Gasteiger partial charge >= 0.3 is 0 Å². The van der Waals surface area contributed by atoms with Crippen LogP contribution < -0.4 is 0 Å². The molecular weight excluding hydrogens is 247 g/mol. The van der Waals surface area contributed by atoms with Gasteiger partial charge in [-0.1, -0.05) is 69.3 Å². The van der Waals surface area contributed by atoms with Gasteiger partial charge in [-0.15, -0.1) is 9.24 Å². The molecule has 0 fully saturated rings. The molecule has 1 unspecified atom stereocenters. The summed E-state index contributed by atoms with van der Waals surface area (Å²) in [6.45, 7) is 6.68. The molecule has 0 nitrogen and oxygen atoms in total. The van der Waals surface area contributed by atoms with Crippen LogP contribution in [0.5, 0.6) is 0 Å².